The van der Waals surface area contributed by atoms with Gasteiger partial charge in [-0.15, -0.1) is 0 Å². The van der Waals surface area contributed by atoms with Crippen LogP contribution in [0.15, 0.2) is 48.5 Å². The fourth-order valence-corrected chi connectivity index (χ4v) is 2.79. The van der Waals surface area contributed by atoms with Crippen LogP contribution >= 0.6 is 11.6 Å². The first-order valence-corrected chi connectivity index (χ1v) is 9.00. The molecule has 0 spiro atoms. The number of carbonyl (C=O) groups is 1. The van der Waals surface area contributed by atoms with Gasteiger partial charge >= 0.3 is 6.61 Å². The van der Waals surface area contributed by atoms with Crippen molar-refractivity contribution in [3.63, 3.8) is 0 Å². The monoisotopic (exact) mass is 396 g/mol. The number of amides is 1. The molecule has 0 heterocycles. The summed E-state index contributed by atoms with van der Waals surface area (Å²) in [6.45, 7) is 1.10. The molecule has 0 aliphatic rings. The molecule has 0 unspecified atom stereocenters. The van der Waals surface area contributed by atoms with Crippen LogP contribution in [0.4, 0.5) is 8.78 Å². The van der Waals surface area contributed by atoms with E-state index in [0.29, 0.717) is 24.7 Å². The maximum atomic E-state index is 12.5. The van der Waals surface area contributed by atoms with E-state index in [-0.39, 0.29) is 18.2 Å². The predicted octanol–water partition coefficient (Wildman–Crippen LogP) is 4.42. The number of nitrogens with zero attached hydrogens (tertiary/aromatic N) is 2. The van der Waals surface area contributed by atoms with E-state index in [0.717, 1.165) is 11.1 Å². The lowest BCUT2D eigenvalue weighted by molar-refractivity contribution is -0.131. The van der Waals surface area contributed by atoms with Crippen molar-refractivity contribution >= 4 is 17.5 Å². The molecule has 0 atom stereocenters. The zero-order valence-corrected chi connectivity index (χ0v) is 16.1. The predicted molar refractivity (Wildman–Crippen MR) is 102 cm³/mol. The van der Waals surface area contributed by atoms with Crippen molar-refractivity contribution in [2.45, 2.75) is 26.6 Å². The largest absolute Gasteiger partial charge is 0.435 e. The third-order valence-electron chi connectivity index (χ3n) is 4.15. The SMILES string of the molecule is CCN(CC(=O)N(C)Cc1ccc(OC(F)F)cc1)Cc1ccccc1Cl. The molecule has 146 valence electrons. The van der Waals surface area contributed by atoms with E-state index in [4.69, 9.17) is 11.6 Å². The summed E-state index contributed by atoms with van der Waals surface area (Å²) in [4.78, 5) is 16.2. The second-order valence-electron chi connectivity index (χ2n) is 6.17. The van der Waals surface area contributed by atoms with Gasteiger partial charge < -0.3 is 9.64 Å². The lowest BCUT2D eigenvalue weighted by Crippen LogP contribution is -2.37. The minimum atomic E-state index is -2.85. The first-order valence-electron chi connectivity index (χ1n) is 8.62. The van der Waals surface area contributed by atoms with E-state index in [9.17, 15) is 13.6 Å². The summed E-state index contributed by atoms with van der Waals surface area (Å²) in [6, 6.07) is 13.8. The molecule has 2 aromatic rings. The van der Waals surface area contributed by atoms with E-state index in [1.54, 1.807) is 24.1 Å². The van der Waals surface area contributed by atoms with Crippen LogP contribution in [0.3, 0.4) is 0 Å². The van der Waals surface area contributed by atoms with E-state index in [1.807, 2.05) is 36.1 Å². The molecule has 2 aromatic carbocycles. The number of carbonyl (C=O) groups excluding carboxylic acids is 1. The Bertz CT molecular complexity index is 741. The summed E-state index contributed by atoms with van der Waals surface area (Å²) in [5.41, 5.74) is 1.81. The highest BCUT2D eigenvalue weighted by atomic mass is 35.5. The second-order valence-corrected chi connectivity index (χ2v) is 6.57. The molecule has 0 saturated carbocycles. The Morgan fingerprint density at radius 3 is 2.37 bits per heavy atom. The highest BCUT2D eigenvalue weighted by Crippen LogP contribution is 2.18. The first kappa shape index (κ1) is 21.1. The maximum Gasteiger partial charge on any atom is 0.387 e. The number of alkyl halides is 2. The van der Waals surface area contributed by atoms with Crippen molar-refractivity contribution in [3.05, 3.63) is 64.7 Å². The Labute approximate surface area is 163 Å². The smallest absolute Gasteiger partial charge is 0.387 e. The van der Waals surface area contributed by atoms with Crippen molar-refractivity contribution < 1.29 is 18.3 Å². The fourth-order valence-electron chi connectivity index (χ4n) is 2.60. The van der Waals surface area contributed by atoms with Gasteiger partial charge in [-0.1, -0.05) is 48.9 Å². The van der Waals surface area contributed by atoms with Crippen LogP contribution in [0.25, 0.3) is 0 Å². The van der Waals surface area contributed by atoms with Gasteiger partial charge in [0.15, 0.2) is 0 Å². The van der Waals surface area contributed by atoms with Gasteiger partial charge in [-0.05, 0) is 35.9 Å². The quantitative estimate of drug-likeness (QED) is 0.629. The summed E-state index contributed by atoms with van der Waals surface area (Å²) < 4.78 is 28.7. The molecule has 0 bridgehead atoms. The van der Waals surface area contributed by atoms with Crippen molar-refractivity contribution in [2.75, 3.05) is 20.1 Å². The molecule has 7 heteroatoms. The molecule has 4 nitrogen and oxygen atoms in total. The van der Waals surface area contributed by atoms with Crippen molar-refractivity contribution in [3.8, 4) is 5.75 Å². The van der Waals surface area contributed by atoms with Crippen LogP contribution in [0.5, 0.6) is 5.75 Å². The van der Waals surface area contributed by atoms with Crippen molar-refractivity contribution in [1.82, 2.24) is 9.80 Å². The molecule has 0 fully saturated rings. The van der Waals surface area contributed by atoms with Crippen LogP contribution in [0, 0.1) is 0 Å². The van der Waals surface area contributed by atoms with Crippen LogP contribution in [-0.2, 0) is 17.9 Å². The maximum absolute atomic E-state index is 12.5. The van der Waals surface area contributed by atoms with Gasteiger partial charge in [0, 0.05) is 25.2 Å². The normalized spacial score (nSPS) is 11.1. The Hall–Kier alpha value is -2.18. The number of halogens is 3. The zero-order chi connectivity index (χ0) is 19.8. The van der Waals surface area contributed by atoms with E-state index < -0.39 is 6.61 Å². The van der Waals surface area contributed by atoms with Gasteiger partial charge in [-0.25, -0.2) is 0 Å². The first-order chi connectivity index (χ1) is 12.9. The van der Waals surface area contributed by atoms with E-state index >= 15 is 0 Å². The molecule has 0 aliphatic heterocycles. The highest BCUT2D eigenvalue weighted by Gasteiger charge is 2.15. The molecule has 2 rings (SSSR count). The van der Waals surface area contributed by atoms with Gasteiger partial charge in [-0.3, -0.25) is 9.69 Å². The third kappa shape index (κ3) is 6.81. The Balaban J connectivity index is 1.90. The van der Waals surface area contributed by atoms with Crippen LogP contribution in [0.1, 0.15) is 18.1 Å². The van der Waals surface area contributed by atoms with Crippen LogP contribution < -0.4 is 4.74 Å². The average Bonchev–Trinajstić information content (AvgIpc) is 2.64. The van der Waals surface area contributed by atoms with Gasteiger partial charge in [0.25, 0.3) is 0 Å². The number of likely N-dealkylation sites (N-methyl/N-ethyl adjacent to an activating group) is 2. The lowest BCUT2D eigenvalue weighted by Gasteiger charge is -2.24. The molecule has 1 amide bonds. The standard InChI is InChI=1S/C20H23ClF2N2O2/c1-3-25(13-16-6-4-5-7-18(16)21)14-19(26)24(2)12-15-8-10-17(11-9-15)27-20(22)23/h4-11,20H,3,12-14H2,1-2H3. The van der Waals surface area contributed by atoms with Gasteiger partial charge in [0.1, 0.15) is 5.75 Å². The molecule has 0 saturated heterocycles. The van der Waals surface area contributed by atoms with Crippen LogP contribution in [-0.4, -0.2) is 42.5 Å². The Morgan fingerprint density at radius 2 is 1.78 bits per heavy atom. The van der Waals surface area contributed by atoms with E-state index in [2.05, 4.69) is 4.74 Å². The fraction of sp³-hybridized carbons (Fsp3) is 0.350. The van der Waals surface area contributed by atoms with Gasteiger partial charge in [0.05, 0.1) is 6.54 Å². The molecule has 0 aromatic heterocycles. The van der Waals surface area contributed by atoms with Gasteiger partial charge in [0.2, 0.25) is 5.91 Å². The Morgan fingerprint density at radius 1 is 1.11 bits per heavy atom. The lowest BCUT2D eigenvalue weighted by atomic mass is 10.2. The average molecular weight is 397 g/mol. The summed E-state index contributed by atoms with van der Waals surface area (Å²) >= 11 is 6.20. The summed E-state index contributed by atoms with van der Waals surface area (Å²) in [5.74, 6) is 0.0661. The number of rotatable bonds is 9. The van der Waals surface area contributed by atoms with Crippen molar-refractivity contribution in [1.29, 1.82) is 0 Å². The molecule has 0 aliphatic carbocycles. The highest BCUT2D eigenvalue weighted by molar-refractivity contribution is 6.31. The van der Waals surface area contributed by atoms with Crippen LogP contribution in [0.2, 0.25) is 5.02 Å². The summed E-state index contributed by atoms with van der Waals surface area (Å²) in [5, 5.41) is 0.683. The van der Waals surface area contributed by atoms with E-state index in [1.165, 1.54) is 12.1 Å². The molecular weight excluding hydrogens is 374 g/mol. The second kappa shape index (κ2) is 10.2. The minimum Gasteiger partial charge on any atom is -0.435 e. The topological polar surface area (TPSA) is 32.8 Å². The zero-order valence-electron chi connectivity index (χ0n) is 15.4. The Kier molecular flexibility index (Phi) is 8.00. The molecule has 0 radical (unpaired) electrons. The number of hydrogen-bond donors (Lipinski definition) is 0. The third-order valence-corrected chi connectivity index (χ3v) is 4.52. The summed E-state index contributed by atoms with van der Waals surface area (Å²) in [6.07, 6.45) is 0. The number of hydrogen-bond acceptors (Lipinski definition) is 3. The minimum absolute atomic E-state index is 0.0307. The molecule has 0 N–H and O–H groups in total. The summed E-state index contributed by atoms with van der Waals surface area (Å²) in [7, 11) is 1.72. The van der Waals surface area contributed by atoms with Crippen molar-refractivity contribution in [2.24, 2.45) is 0 Å². The molecule has 27 heavy (non-hydrogen) atoms. The van der Waals surface area contributed by atoms with Gasteiger partial charge in [-0.2, -0.15) is 8.78 Å². The number of ether oxygens (including phenoxy) is 1. The molecular formula is C20H23ClF2N2O2. The number of benzene rings is 2.